The molecule has 2 N–H and O–H groups in total. The molecular weight excluding hydrogens is 288 g/mol. The molecule has 1 fully saturated rings. The van der Waals surface area contributed by atoms with Crippen molar-refractivity contribution in [2.24, 2.45) is 5.41 Å². The number of piperidine rings is 1. The fraction of sp³-hybridized carbons (Fsp3) is 0.632. The molecule has 0 radical (unpaired) electrons. The van der Waals surface area contributed by atoms with E-state index in [1.807, 2.05) is 39.0 Å². The average molecular weight is 318 g/mol. The van der Waals surface area contributed by atoms with Crippen molar-refractivity contribution in [2.45, 2.75) is 58.6 Å². The van der Waals surface area contributed by atoms with E-state index in [4.69, 9.17) is 4.74 Å². The summed E-state index contributed by atoms with van der Waals surface area (Å²) in [6.07, 6.45) is 1.37. The quantitative estimate of drug-likeness (QED) is 0.896. The summed E-state index contributed by atoms with van der Waals surface area (Å²) in [5, 5.41) is 6.65. The fourth-order valence-corrected chi connectivity index (χ4v) is 3.45. The summed E-state index contributed by atoms with van der Waals surface area (Å²) in [7, 11) is 0. The van der Waals surface area contributed by atoms with Crippen molar-refractivity contribution < 1.29 is 9.53 Å². The van der Waals surface area contributed by atoms with Crippen LogP contribution in [0.4, 0.5) is 4.79 Å². The molecule has 0 saturated carbocycles. The molecule has 0 unspecified atom stereocenters. The molecule has 1 aromatic carbocycles. The van der Waals surface area contributed by atoms with Gasteiger partial charge in [-0.2, -0.15) is 0 Å². The molecule has 1 aliphatic heterocycles. The summed E-state index contributed by atoms with van der Waals surface area (Å²) in [5.41, 5.74) is 0.534. The van der Waals surface area contributed by atoms with Gasteiger partial charge in [-0.15, -0.1) is 0 Å². The Morgan fingerprint density at radius 2 is 1.87 bits per heavy atom. The number of benzene rings is 1. The van der Waals surface area contributed by atoms with E-state index in [1.54, 1.807) is 0 Å². The molecule has 2 rings (SSSR count). The third kappa shape index (κ3) is 5.54. The Balaban J connectivity index is 2.19. The van der Waals surface area contributed by atoms with Crippen molar-refractivity contribution in [3.8, 4) is 0 Å². The van der Waals surface area contributed by atoms with E-state index in [9.17, 15) is 4.79 Å². The lowest BCUT2D eigenvalue weighted by Crippen LogP contribution is -2.63. The van der Waals surface area contributed by atoms with Crippen LogP contribution in [0.15, 0.2) is 30.3 Å². The SMILES string of the molecule is CC1(C)CNC[C@](Cc2ccccc2)(NC(=O)OC(C)(C)C)C1. The minimum Gasteiger partial charge on any atom is -0.444 e. The standard InChI is InChI=1S/C19H30N2O2/c1-17(2,3)23-16(22)21-19(11-15-9-7-6-8-10-15)12-18(4,5)13-20-14-19/h6-10,20H,11-14H2,1-5H3,(H,21,22)/t19-/m1/s1. The zero-order valence-electron chi connectivity index (χ0n) is 15.0. The van der Waals surface area contributed by atoms with Crippen LogP contribution in [0.5, 0.6) is 0 Å². The largest absolute Gasteiger partial charge is 0.444 e. The van der Waals surface area contributed by atoms with Gasteiger partial charge in [-0.25, -0.2) is 4.79 Å². The number of nitrogens with one attached hydrogen (secondary N) is 2. The van der Waals surface area contributed by atoms with Gasteiger partial charge in [-0.3, -0.25) is 0 Å². The van der Waals surface area contributed by atoms with Gasteiger partial charge in [0.05, 0.1) is 5.54 Å². The van der Waals surface area contributed by atoms with E-state index in [2.05, 4.69) is 36.6 Å². The van der Waals surface area contributed by atoms with Crippen LogP contribution in [-0.4, -0.2) is 30.3 Å². The van der Waals surface area contributed by atoms with Gasteiger partial charge < -0.3 is 15.4 Å². The summed E-state index contributed by atoms with van der Waals surface area (Å²) in [4.78, 5) is 12.4. The Kier molecular flexibility index (Phi) is 5.04. The number of hydrogen-bond donors (Lipinski definition) is 2. The zero-order chi connectivity index (χ0) is 17.1. The Morgan fingerprint density at radius 3 is 2.43 bits per heavy atom. The lowest BCUT2D eigenvalue weighted by molar-refractivity contribution is 0.0379. The van der Waals surface area contributed by atoms with Gasteiger partial charge in [0, 0.05) is 13.1 Å². The summed E-state index contributed by atoms with van der Waals surface area (Å²) in [6, 6.07) is 10.3. The molecule has 1 saturated heterocycles. The zero-order valence-corrected chi connectivity index (χ0v) is 15.0. The van der Waals surface area contributed by atoms with Gasteiger partial charge >= 0.3 is 6.09 Å². The molecule has 1 aliphatic rings. The Hall–Kier alpha value is -1.55. The Morgan fingerprint density at radius 1 is 1.22 bits per heavy atom. The Labute approximate surface area is 140 Å². The number of alkyl carbamates (subject to hydrolysis) is 1. The maximum atomic E-state index is 12.4. The first-order valence-electron chi connectivity index (χ1n) is 8.35. The molecule has 4 heteroatoms. The summed E-state index contributed by atoms with van der Waals surface area (Å²) in [5.74, 6) is 0. The van der Waals surface area contributed by atoms with Crippen LogP contribution in [0.3, 0.4) is 0 Å². The number of carbonyl (C=O) groups excluding carboxylic acids is 1. The molecule has 0 aromatic heterocycles. The maximum Gasteiger partial charge on any atom is 0.408 e. The summed E-state index contributed by atoms with van der Waals surface area (Å²) in [6.45, 7) is 11.8. The predicted octanol–water partition coefficient (Wildman–Crippen LogP) is 3.51. The van der Waals surface area contributed by atoms with E-state index >= 15 is 0 Å². The van der Waals surface area contributed by atoms with Crippen molar-refractivity contribution in [2.75, 3.05) is 13.1 Å². The highest BCUT2D eigenvalue weighted by molar-refractivity contribution is 5.69. The Bertz CT molecular complexity index is 534. The molecule has 0 aliphatic carbocycles. The smallest absolute Gasteiger partial charge is 0.408 e. The van der Waals surface area contributed by atoms with Crippen molar-refractivity contribution in [1.29, 1.82) is 0 Å². The molecule has 0 bridgehead atoms. The van der Waals surface area contributed by atoms with E-state index < -0.39 is 5.60 Å². The second kappa shape index (κ2) is 6.52. The second-order valence-electron chi connectivity index (χ2n) is 8.51. The minimum absolute atomic E-state index is 0.127. The molecule has 23 heavy (non-hydrogen) atoms. The van der Waals surface area contributed by atoms with Gasteiger partial charge in [-0.05, 0) is 44.6 Å². The molecule has 1 aromatic rings. The number of carbonyl (C=O) groups is 1. The lowest BCUT2D eigenvalue weighted by atomic mass is 9.72. The van der Waals surface area contributed by atoms with Crippen LogP contribution in [0.25, 0.3) is 0 Å². The molecule has 128 valence electrons. The number of amides is 1. The van der Waals surface area contributed by atoms with Crippen molar-refractivity contribution >= 4 is 6.09 Å². The third-order valence-electron chi connectivity index (χ3n) is 4.04. The first-order valence-corrected chi connectivity index (χ1v) is 8.35. The van der Waals surface area contributed by atoms with Crippen molar-refractivity contribution in [1.82, 2.24) is 10.6 Å². The van der Waals surface area contributed by atoms with E-state index in [0.717, 1.165) is 25.9 Å². The highest BCUT2D eigenvalue weighted by Gasteiger charge is 2.42. The van der Waals surface area contributed by atoms with Gasteiger partial charge in [-0.1, -0.05) is 44.2 Å². The average Bonchev–Trinajstić information content (AvgIpc) is 2.35. The van der Waals surface area contributed by atoms with Crippen LogP contribution < -0.4 is 10.6 Å². The van der Waals surface area contributed by atoms with Gasteiger partial charge in [0.15, 0.2) is 0 Å². The van der Waals surface area contributed by atoms with Crippen LogP contribution >= 0.6 is 0 Å². The lowest BCUT2D eigenvalue weighted by Gasteiger charge is -2.46. The molecule has 1 amide bonds. The minimum atomic E-state index is -0.490. The number of rotatable bonds is 3. The predicted molar refractivity (Wildman–Crippen MR) is 93.5 cm³/mol. The monoisotopic (exact) mass is 318 g/mol. The maximum absolute atomic E-state index is 12.4. The molecule has 1 heterocycles. The van der Waals surface area contributed by atoms with Crippen LogP contribution in [0.2, 0.25) is 0 Å². The van der Waals surface area contributed by atoms with Crippen molar-refractivity contribution in [3.05, 3.63) is 35.9 Å². The summed E-state index contributed by atoms with van der Waals surface area (Å²) >= 11 is 0. The second-order valence-corrected chi connectivity index (χ2v) is 8.51. The molecule has 4 nitrogen and oxygen atoms in total. The van der Waals surface area contributed by atoms with Gasteiger partial charge in [0.25, 0.3) is 0 Å². The topological polar surface area (TPSA) is 50.4 Å². The van der Waals surface area contributed by atoms with Gasteiger partial charge in [0.2, 0.25) is 0 Å². The van der Waals surface area contributed by atoms with Gasteiger partial charge in [0.1, 0.15) is 5.60 Å². The third-order valence-corrected chi connectivity index (χ3v) is 4.04. The van der Waals surface area contributed by atoms with Crippen LogP contribution in [0, 0.1) is 5.41 Å². The normalized spacial score (nSPS) is 24.0. The number of ether oxygens (including phenoxy) is 1. The highest BCUT2D eigenvalue weighted by atomic mass is 16.6. The summed E-state index contributed by atoms with van der Waals surface area (Å²) < 4.78 is 5.49. The highest BCUT2D eigenvalue weighted by Crippen LogP contribution is 2.33. The van der Waals surface area contributed by atoms with Crippen LogP contribution in [-0.2, 0) is 11.2 Å². The molecule has 1 atom stereocenters. The van der Waals surface area contributed by atoms with E-state index in [-0.39, 0.29) is 17.0 Å². The number of hydrogen-bond acceptors (Lipinski definition) is 3. The van der Waals surface area contributed by atoms with Crippen LogP contribution in [0.1, 0.15) is 46.6 Å². The first kappa shape index (κ1) is 17.8. The van der Waals surface area contributed by atoms with E-state index in [1.165, 1.54) is 5.56 Å². The van der Waals surface area contributed by atoms with E-state index in [0.29, 0.717) is 0 Å². The van der Waals surface area contributed by atoms with Crippen molar-refractivity contribution in [3.63, 3.8) is 0 Å². The fourth-order valence-electron chi connectivity index (χ4n) is 3.45. The first-order chi connectivity index (χ1) is 10.6. The molecular formula is C19H30N2O2. The molecule has 0 spiro atoms.